The summed E-state index contributed by atoms with van der Waals surface area (Å²) < 4.78 is 0. The van der Waals surface area contributed by atoms with Crippen LogP contribution in [0.3, 0.4) is 0 Å². The molecule has 1 unspecified atom stereocenters. The first-order valence-electron chi connectivity index (χ1n) is 6.89. The van der Waals surface area contributed by atoms with E-state index in [1.165, 1.54) is 0 Å². The molecule has 0 fully saturated rings. The number of unbranched alkanes of at least 4 members (excludes halogenated alkanes) is 3. The van der Waals surface area contributed by atoms with Crippen molar-refractivity contribution < 1.29 is 4.79 Å². The van der Waals surface area contributed by atoms with Crippen molar-refractivity contribution in [1.82, 2.24) is 0 Å². The molecule has 0 radical (unpaired) electrons. The summed E-state index contributed by atoms with van der Waals surface area (Å²) in [6.07, 6.45) is 5.37. The normalized spacial score (nSPS) is 11.8. The topological polar surface area (TPSA) is 58.5 Å². The Labute approximate surface area is 114 Å². The molecule has 0 aliphatic heterocycles. The molecule has 19 heavy (non-hydrogen) atoms. The minimum absolute atomic E-state index is 0.0640. The molecule has 0 aromatic heterocycles. The second-order valence-corrected chi connectivity index (χ2v) is 4.82. The van der Waals surface area contributed by atoms with Gasteiger partial charge in [-0.3, -0.25) is 4.79 Å². The molecule has 0 bridgehead atoms. The number of hydrogen-bond acceptors (Lipinski definition) is 3. The van der Waals surface area contributed by atoms with E-state index >= 15 is 0 Å². The van der Waals surface area contributed by atoms with Crippen LogP contribution in [0.15, 0.2) is 35.5 Å². The number of carbonyl (C=O) groups is 1. The fraction of sp³-hybridized carbons (Fsp3) is 0.533. The average Bonchev–Trinajstić information content (AvgIpc) is 2.43. The van der Waals surface area contributed by atoms with Crippen LogP contribution < -0.4 is 5.32 Å². The van der Waals surface area contributed by atoms with E-state index in [0.29, 0.717) is 6.42 Å². The van der Waals surface area contributed by atoms with Gasteiger partial charge in [-0.2, -0.15) is 4.91 Å². The van der Waals surface area contributed by atoms with Gasteiger partial charge in [-0.25, -0.2) is 0 Å². The van der Waals surface area contributed by atoms with Crippen LogP contribution in [-0.4, -0.2) is 11.9 Å². The molecule has 1 aromatic carbocycles. The minimum atomic E-state index is -0.0821. The summed E-state index contributed by atoms with van der Waals surface area (Å²) in [5, 5.41) is 5.83. The Balaban J connectivity index is 2.03. The first-order chi connectivity index (χ1) is 9.22. The third-order valence-corrected chi connectivity index (χ3v) is 3.01. The van der Waals surface area contributed by atoms with Gasteiger partial charge in [0.05, 0.1) is 6.04 Å². The Morgan fingerprint density at radius 1 is 1.16 bits per heavy atom. The molecular formula is C15H22N2O2. The molecular weight excluding hydrogens is 240 g/mol. The minimum Gasteiger partial charge on any atom is -0.326 e. The van der Waals surface area contributed by atoms with E-state index in [4.69, 9.17) is 0 Å². The van der Waals surface area contributed by atoms with Crippen LogP contribution in [0.1, 0.15) is 45.4 Å². The fourth-order valence-electron chi connectivity index (χ4n) is 1.88. The number of nitroso groups, excluding NO2 is 1. The standard InChI is InChI=1S/C15H22N2O2/c1-13(17-19)9-5-2-3-8-12-15(18)16-14-10-6-4-7-11-14/h4,6-7,10-11,13H,2-3,5,8-9,12H2,1H3,(H,16,18). The summed E-state index contributed by atoms with van der Waals surface area (Å²) in [6.45, 7) is 1.83. The molecule has 104 valence electrons. The van der Waals surface area contributed by atoms with E-state index < -0.39 is 0 Å². The number of hydrogen-bond donors (Lipinski definition) is 1. The SMILES string of the molecule is CC(CCCCCCC(=O)Nc1ccccc1)N=O. The van der Waals surface area contributed by atoms with E-state index in [-0.39, 0.29) is 11.9 Å². The Morgan fingerprint density at radius 3 is 2.53 bits per heavy atom. The van der Waals surface area contributed by atoms with Crippen molar-refractivity contribution in [1.29, 1.82) is 0 Å². The molecule has 0 spiro atoms. The highest BCUT2D eigenvalue weighted by atomic mass is 16.3. The molecule has 1 aromatic rings. The lowest BCUT2D eigenvalue weighted by atomic mass is 10.1. The highest BCUT2D eigenvalue weighted by molar-refractivity contribution is 5.90. The summed E-state index contributed by atoms with van der Waals surface area (Å²) in [7, 11) is 0. The molecule has 0 heterocycles. The molecule has 1 rings (SSSR count). The van der Waals surface area contributed by atoms with Gasteiger partial charge in [0.25, 0.3) is 0 Å². The smallest absolute Gasteiger partial charge is 0.224 e. The summed E-state index contributed by atoms with van der Waals surface area (Å²) in [6, 6.07) is 9.40. The monoisotopic (exact) mass is 262 g/mol. The highest BCUT2D eigenvalue weighted by Gasteiger charge is 2.03. The Bertz CT molecular complexity index is 379. The maximum Gasteiger partial charge on any atom is 0.224 e. The summed E-state index contributed by atoms with van der Waals surface area (Å²) in [5.41, 5.74) is 0.846. The van der Waals surface area contributed by atoms with Gasteiger partial charge >= 0.3 is 0 Å². The summed E-state index contributed by atoms with van der Waals surface area (Å²) in [4.78, 5) is 21.8. The molecule has 0 aliphatic rings. The zero-order chi connectivity index (χ0) is 13.9. The van der Waals surface area contributed by atoms with Gasteiger partial charge in [-0.05, 0) is 31.9 Å². The van der Waals surface area contributed by atoms with Crippen LogP contribution in [0.2, 0.25) is 0 Å². The third kappa shape index (κ3) is 7.34. The quantitative estimate of drug-likeness (QED) is 0.537. The van der Waals surface area contributed by atoms with Crippen molar-refractivity contribution >= 4 is 11.6 Å². The molecule has 1 atom stereocenters. The lowest BCUT2D eigenvalue weighted by Crippen LogP contribution is -2.10. The average molecular weight is 262 g/mol. The second kappa shape index (κ2) is 9.25. The van der Waals surface area contributed by atoms with Crippen LogP contribution in [0.4, 0.5) is 5.69 Å². The van der Waals surface area contributed by atoms with Crippen LogP contribution in [0, 0.1) is 4.91 Å². The molecule has 4 nitrogen and oxygen atoms in total. The van der Waals surface area contributed by atoms with Crippen molar-refractivity contribution in [3.63, 3.8) is 0 Å². The summed E-state index contributed by atoms with van der Waals surface area (Å²) in [5.74, 6) is 0.0640. The highest BCUT2D eigenvalue weighted by Crippen LogP contribution is 2.10. The van der Waals surface area contributed by atoms with Crippen LogP contribution >= 0.6 is 0 Å². The molecule has 4 heteroatoms. The van der Waals surface area contributed by atoms with Gasteiger partial charge in [-0.15, -0.1) is 0 Å². The predicted molar refractivity (Wildman–Crippen MR) is 78.0 cm³/mol. The lowest BCUT2D eigenvalue weighted by molar-refractivity contribution is -0.116. The number of benzene rings is 1. The fourth-order valence-corrected chi connectivity index (χ4v) is 1.88. The van der Waals surface area contributed by atoms with E-state index in [1.807, 2.05) is 37.3 Å². The zero-order valence-electron chi connectivity index (χ0n) is 11.5. The second-order valence-electron chi connectivity index (χ2n) is 4.82. The van der Waals surface area contributed by atoms with Gasteiger partial charge in [0.1, 0.15) is 0 Å². The van der Waals surface area contributed by atoms with E-state index in [9.17, 15) is 9.70 Å². The largest absolute Gasteiger partial charge is 0.326 e. The van der Waals surface area contributed by atoms with Crippen LogP contribution in [0.5, 0.6) is 0 Å². The van der Waals surface area contributed by atoms with Gasteiger partial charge in [0.15, 0.2) is 0 Å². The molecule has 0 aliphatic carbocycles. The molecule has 0 saturated heterocycles. The maximum atomic E-state index is 11.6. The number of rotatable bonds is 9. The zero-order valence-corrected chi connectivity index (χ0v) is 11.5. The molecule has 1 amide bonds. The number of para-hydroxylation sites is 1. The van der Waals surface area contributed by atoms with E-state index in [1.54, 1.807) is 0 Å². The summed E-state index contributed by atoms with van der Waals surface area (Å²) >= 11 is 0. The van der Waals surface area contributed by atoms with Crippen LogP contribution in [0.25, 0.3) is 0 Å². The first kappa shape index (κ1) is 15.3. The predicted octanol–water partition coefficient (Wildman–Crippen LogP) is 4.12. The van der Waals surface area contributed by atoms with Gasteiger partial charge in [-0.1, -0.05) is 42.6 Å². The Hall–Kier alpha value is -1.71. The van der Waals surface area contributed by atoms with E-state index in [0.717, 1.165) is 37.8 Å². The van der Waals surface area contributed by atoms with Crippen molar-refractivity contribution in [3.05, 3.63) is 35.2 Å². The molecule has 0 saturated carbocycles. The van der Waals surface area contributed by atoms with Gasteiger partial charge in [0, 0.05) is 12.1 Å². The number of nitrogens with one attached hydrogen (secondary N) is 1. The van der Waals surface area contributed by atoms with Crippen molar-refractivity contribution in [2.24, 2.45) is 5.18 Å². The number of anilines is 1. The van der Waals surface area contributed by atoms with Crippen molar-refractivity contribution in [2.75, 3.05) is 5.32 Å². The number of carbonyl (C=O) groups excluding carboxylic acids is 1. The van der Waals surface area contributed by atoms with Gasteiger partial charge in [0.2, 0.25) is 5.91 Å². The van der Waals surface area contributed by atoms with Crippen molar-refractivity contribution in [2.45, 2.75) is 51.5 Å². The third-order valence-electron chi connectivity index (χ3n) is 3.01. The van der Waals surface area contributed by atoms with Crippen LogP contribution in [-0.2, 0) is 4.79 Å². The number of amides is 1. The molecule has 1 N–H and O–H groups in total. The first-order valence-corrected chi connectivity index (χ1v) is 6.89. The van der Waals surface area contributed by atoms with Gasteiger partial charge < -0.3 is 5.32 Å². The van der Waals surface area contributed by atoms with Crippen molar-refractivity contribution in [3.8, 4) is 0 Å². The van der Waals surface area contributed by atoms with E-state index in [2.05, 4.69) is 10.5 Å². The Morgan fingerprint density at radius 2 is 1.84 bits per heavy atom. The number of nitrogens with zero attached hydrogens (tertiary/aromatic N) is 1. The maximum absolute atomic E-state index is 11.6. The lowest BCUT2D eigenvalue weighted by Gasteiger charge is -2.05. The Kier molecular flexibility index (Phi) is 7.47.